The van der Waals surface area contributed by atoms with E-state index in [0.29, 0.717) is 18.8 Å². The second kappa shape index (κ2) is 8.81. The highest BCUT2D eigenvalue weighted by atomic mass is 32.2. The van der Waals surface area contributed by atoms with Gasteiger partial charge in [0, 0.05) is 16.7 Å². The van der Waals surface area contributed by atoms with Gasteiger partial charge in [0.25, 0.3) is 0 Å². The molecule has 1 N–H and O–H groups in total. The molecule has 1 heterocycles. The second-order valence-corrected chi connectivity index (χ2v) is 6.82. The SMILES string of the molecule is C=CCN(Cc1cccs1)C(=O)CSC(C)CC(=O)O. The number of thiophene rings is 1. The van der Waals surface area contributed by atoms with E-state index in [0.717, 1.165) is 4.88 Å². The fourth-order valence-corrected chi connectivity index (χ4v) is 3.20. The van der Waals surface area contributed by atoms with E-state index in [4.69, 9.17) is 5.11 Å². The Morgan fingerprint density at radius 2 is 2.35 bits per heavy atom. The van der Waals surface area contributed by atoms with Gasteiger partial charge in [-0.25, -0.2) is 0 Å². The maximum atomic E-state index is 12.2. The van der Waals surface area contributed by atoms with Crippen molar-refractivity contribution in [3.63, 3.8) is 0 Å². The van der Waals surface area contributed by atoms with Crippen molar-refractivity contribution >= 4 is 35.0 Å². The minimum atomic E-state index is -0.834. The first kappa shape index (κ1) is 16.8. The lowest BCUT2D eigenvalue weighted by Crippen LogP contribution is -2.32. The molecule has 1 unspecified atom stereocenters. The van der Waals surface area contributed by atoms with Crippen molar-refractivity contribution in [1.82, 2.24) is 4.90 Å². The molecule has 110 valence electrons. The molecule has 4 nitrogen and oxygen atoms in total. The lowest BCUT2D eigenvalue weighted by atomic mass is 10.3. The molecule has 0 bridgehead atoms. The zero-order valence-electron chi connectivity index (χ0n) is 11.4. The quantitative estimate of drug-likeness (QED) is 0.712. The summed E-state index contributed by atoms with van der Waals surface area (Å²) in [6.07, 6.45) is 1.78. The van der Waals surface area contributed by atoms with Crippen LogP contribution >= 0.6 is 23.1 Å². The highest BCUT2D eigenvalue weighted by molar-refractivity contribution is 8.00. The zero-order valence-corrected chi connectivity index (χ0v) is 13.1. The smallest absolute Gasteiger partial charge is 0.304 e. The van der Waals surface area contributed by atoms with Gasteiger partial charge in [-0.05, 0) is 11.4 Å². The highest BCUT2D eigenvalue weighted by Gasteiger charge is 2.16. The zero-order chi connectivity index (χ0) is 15.0. The van der Waals surface area contributed by atoms with Crippen LogP contribution < -0.4 is 0 Å². The van der Waals surface area contributed by atoms with E-state index < -0.39 is 5.97 Å². The molecular formula is C14H19NO3S2. The van der Waals surface area contributed by atoms with Crippen molar-refractivity contribution in [1.29, 1.82) is 0 Å². The van der Waals surface area contributed by atoms with E-state index in [1.54, 1.807) is 22.3 Å². The minimum Gasteiger partial charge on any atom is -0.481 e. The molecule has 0 radical (unpaired) electrons. The molecule has 1 aromatic heterocycles. The minimum absolute atomic E-state index is 0.0144. The van der Waals surface area contributed by atoms with Gasteiger partial charge in [0.15, 0.2) is 0 Å². The van der Waals surface area contributed by atoms with Crippen LogP contribution in [0.5, 0.6) is 0 Å². The summed E-state index contributed by atoms with van der Waals surface area (Å²) in [7, 11) is 0. The molecular weight excluding hydrogens is 294 g/mol. The predicted molar refractivity (Wildman–Crippen MR) is 84.1 cm³/mol. The summed E-state index contributed by atoms with van der Waals surface area (Å²) >= 11 is 2.99. The molecule has 0 aliphatic carbocycles. The van der Waals surface area contributed by atoms with E-state index in [9.17, 15) is 9.59 Å². The Labute approximate surface area is 127 Å². The van der Waals surface area contributed by atoms with Gasteiger partial charge in [0.2, 0.25) is 5.91 Å². The molecule has 1 amide bonds. The van der Waals surface area contributed by atoms with Crippen LogP contribution in [-0.4, -0.2) is 39.4 Å². The molecule has 1 rings (SSSR count). The molecule has 20 heavy (non-hydrogen) atoms. The number of carbonyl (C=O) groups is 2. The summed E-state index contributed by atoms with van der Waals surface area (Å²) in [5.41, 5.74) is 0. The average Bonchev–Trinajstić information content (AvgIpc) is 2.87. The van der Waals surface area contributed by atoms with Crippen LogP contribution in [0, 0.1) is 0 Å². The monoisotopic (exact) mass is 313 g/mol. The number of carboxylic acids is 1. The van der Waals surface area contributed by atoms with Crippen LogP contribution in [0.1, 0.15) is 18.2 Å². The number of thioether (sulfide) groups is 1. The molecule has 0 fully saturated rings. The molecule has 6 heteroatoms. The first-order valence-electron chi connectivity index (χ1n) is 6.27. The van der Waals surface area contributed by atoms with Crippen LogP contribution in [0.4, 0.5) is 0 Å². The third-order valence-corrected chi connectivity index (χ3v) is 4.59. The molecule has 0 aromatic carbocycles. The molecule has 1 aromatic rings. The standard InChI is InChI=1S/C14H19NO3S2/c1-3-6-15(9-12-5-4-7-19-12)13(16)10-20-11(2)8-14(17)18/h3-5,7,11H,1,6,8-10H2,2H3,(H,17,18). The van der Waals surface area contributed by atoms with Crippen molar-refractivity contribution in [2.75, 3.05) is 12.3 Å². The summed E-state index contributed by atoms with van der Waals surface area (Å²) in [6.45, 7) is 6.58. The maximum absolute atomic E-state index is 12.2. The number of rotatable bonds is 9. The largest absolute Gasteiger partial charge is 0.481 e. The Bertz CT molecular complexity index is 445. The third-order valence-electron chi connectivity index (χ3n) is 2.58. The lowest BCUT2D eigenvalue weighted by Gasteiger charge is -2.21. The van der Waals surface area contributed by atoms with Crippen LogP contribution in [0.3, 0.4) is 0 Å². The first-order valence-corrected chi connectivity index (χ1v) is 8.20. The van der Waals surface area contributed by atoms with Crippen molar-refractivity contribution in [2.45, 2.75) is 25.1 Å². The number of hydrogen-bond acceptors (Lipinski definition) is 4. The maximum Gasteiger partial charge on any atom is 0.304 e. The molecule has 0 aliphatic heterocycles. The number of amides is 1. The van der Waals surface area contributed by atoms with Crippen LogP contribution in [0.15, 0.2) is 30.2 Å². The van der Waals surface area contributed by atoms with E-state index in [-0.39, 0.29) is 17.6 Å². The lowest BCUT2D eigenvalue weighted by molar-refractivity contribution is -0.137. The van der Waals surface area contributed by atoms with E-state index in [1.807, 2.05) is 24.4 Å². The summed E-state index contributed by atoms with van der Waals surface area (Å²) < 4.78 is 0. The normalized spacial score (nSPS) is 11.8. The van der Waals surface area contributed by atoms with E-state index in [2.05, 4.69) is 6.58 Å². The highest BCUT2D eigenvalue weighted by Crippen LogP contribution is 2.17. The predicted octanol–water partition coefficient (Wildman–Crippen LogP) is 2.86. The van der Waals surface area contributed by atoms with Gasteiger partial charge in [0.1, 0.15) is 0 Å². The number of aliphatic carboxylic acids is 1. The number of carbonyl (C=O) groups excluding carboxylic acids is 1. The van der Waals surface area contributed by atoms with Gasteiger partial charge < -0.3 is 10.0 Å². The fourth-order valence-electron chi connectivity index (χ4n) is 1.61. The van der Waals surface area contributed by atoms with Crippen LogP contribution in [0.25, 0.3) is 0 Å². The Hall–Kier alpha value is -1.27. The average molecular weight is 313 g/mol. The van der Waals surface area contributed by atoms with Gasteiger partial charge >= 0.3 is 5.97 Å². The van der Waals surface area contributed by atoms with Crippen molar-refractivity contribution < 1.29 is 14.7 Å². The molecule has 0 saturated heterocycles. The molecule has 0 saturated carbocycles. The van der Waals surface area contributed by atoms with Gasteiger partial charge in [-0.3, -0.25) is 9.59 Å². The van der Waals surface area contributed by atoms with Gasteiger partial charge in [-0.15, -0.1) is 29.7 Å². The van der Waals surface area contributed by atoms with Gasteiger partial charge in [-0.2, -0.15) is 0 Å². The van der Waals surface area contributed by atoms with Gasteiger partial charge in [0.05, 0.1) is 18.7 Å². The summed E-state index contributed by atoms with van der Waals surface area (Å²) in [4.78, 5) is 25.6. The molecule has 0 aliphatic rings. The number of hydrogen-bond donors (Lipinski definition) is 1. The Morgan fingerprint density at radius 3 is 2.90 bits per heavy atom. The van der Waals surface area contributed by atoms with E-state index >= 15 is 0 Å². The third kappa shape index (κ3) is 6.25. The van der Waals surface area contributed by atoms with Gasteiger partial charge in [-0.1, -0.05) is 19.1 Å². The van der Waals surface area contributed by atoms with Crippen LogP contribution in [0.2, 0.25) is 0 Å². The topological polar surface area (TPSA) is 57.6 Å². The van der Waals surface area contributed by atoms with Crippen molar-refractivity contribution in [2.24, 2.45) is 0 Å². The fraction of sp³-hybridized carbons (Fsp3) is 0.429. The summed E-state index contributed by atoms with van der Waals surface area (Å²) in [5, 5.41) is 10.6. The Kier molecular flexibility index (Phi) is 7.40. The number of carboxylic acid groups (broad SMARTS) is 1. The van der Waals surface area contributed by atoms with Crippen molar-refractivity contribution in [3.05, 3.63) is 35.0 Å². The second-order valence-electron chi connectivity index (χ2n) is 4.36. The van der Waals surface area contributed by atoms with Crippen LogP contribution in [-0.2, 0) is 16.1 Å². The summed E-state index contributed by atoms with van der Waals surface area (Å²) in [6, 6.07) is 3.95. The summed E-state index contributed by atoms with van der Waals surface area (Å²) in [5.74, 6) is -0.521. The first-order chi connectivity index (χ1) is 9.52. The Morgan fingerprint density at radius 1 is 1.60 bits per heavy atom. The number of nitrogens with zero attached hydrogens (tertiary/aromatic N) is 1. The molecule has 0 spiro atoms. The van der Waals surface area contributed by atoms with E-state index in [1.165, 1.54) is 11.8 Å². The molecule has 1 atom stereocenters. The Balaban J connectivity index is 2.47. The van der Waals surface area contributed by atoms with Crippen molar-refractivity contribution in [3.8, 4) is 0 Å².